The molecule has 0 unspecified atom stereocenters. The van der Waals surface area contributed by atoms with E-state index in [-0.39, 0.29) is 0 Å². The Morgan fingerprint density at radius 2 is 1.06 bits per heavy atom. The molecule has 148 valence electrons. The van der Waals surface area contributed by atoms with Gasteiger partial charge in [0.2, 0.25) is 0 Å². The number of hydrogen-bond acceptors (Lipinski definition) is 0. The molecule has 1 heteroatoms. The van der Waals surface area contributed by atoms with E-state index in [1.807, 2.05) is 0 Å². The predicted octanol–water partition coefficient (Wildman–Crippen LogP) is 8.13. The lowest BCUT2D eigenvalue weighted by Crippen LogP contribution is -1.95. The van der Waals surface area contributed by atoms with Crippen molar-refractivity contribution >= 4 is 32.6 Å². The summed E-state index contributed by atoms with van der Waals surface area (Å²) in [4.78, 5) is 0. The van der Waals surface area contributed by atoms with E-state index in [0.29, 0.717) is 0 Å². The molecule has 0 saturated heterocycles. The summed E-state index contributed by atoms with van der Waals surface area (Å²) in [7, 11) is 2.20. The van der Waals surface area contributed by atoms with Crippen molar-refractivity contribution in [2.24, 2.45) is 7.05 Å². The van der Waals surface area contributed by atoms with Crippen molar-refractivity contribution in [2.75, 3.05) is 0 Å². The smallest absolute Gasteiger partial charge is 0.0575 e. The summed E-state index contributed by atoms with van der Waals surface area (Å²) in [6, 6.07) is 37.2. The first-order valence-corrected chi connectivity index (χ1v) is 10.8. The van der Waals surface area contributed by atoms with E-state index < -0.39 is 0 Å². The minimum Gasteiger partial charge on any atom is -0.343 e. The molecule has 0 spiro atoms. The van der Waals surface area contributed by atoms with Gasteiger partial charge in [-0.2, -0.15) is 0 Å². The van der Waals surface area contributed by atoms with Crippen LogP contribution in [-0.2, 0) is 7.05 Å². The Kier molecular flexibility index (Phi) is 3.97. The van der Waals surface area contributed by atoms with Gasteiger partial charge in [-0.15, -0.1) is 0 Å². The molecule has 0 bridgehead atoms. The SMILES string of the molecule is Cc1cccc2c1c(-c1ccccc1)c(-c1ccccc1)c1c3ccccc3n(C)c21. The fourth-order valence-corrected chi connectivity index (χ4v) is 5.20. The third kappa shape index (κ3) is 2.56. The van der Waals surface area contributed by atoms with E-state index in [2.05, 4.69) is 122 Å². The summed E-state index contributed by atoms with van der Waals surface area (Å²) in [5.41, 5.74) is 9.04. The van der Waals surface area contributed by atoms with Crippen LogP contribution in [0.3, 0.4) is 0 Å². The monoisotopic (exact) mass is 397 g/mol. The third-order valence-corrected chi connectivity index (χ3v) is 6.51. The molecule has 0 N–H and O–H groups in total. The minimum absolute atomic E-state index is 1.26. The summed E-state index contributed by atoms with van der Waals surface area (Å²) < 4.78 is 2.37. The van der Waals surface area contributed by atoms with E-state index in [1.165, 1.54) is 60.4 Å². The second-order valence-corrected chi connectivity index (χ2v) is 8.28. The highest BCUT2D eigenvalue weighted by molar-refractivity contribution is 6.28. The molecule has 5 aromatic carbocycles. The second-order valence-electron chi connectivity index (χ2n) is 8.28. The maximum Gasteiger partial charge on any atom is 0.0575 e. The fraction of sp³-hybridized carbons (Fsp3) is 0.0667. The largest absolute Gasteiger partial charge is 0.343 e. The van der Waals surface area contributed by atoms with Crippen LogP contribution in [0.5, 0.6) is 0 Å². The topological polar surface area (TPSA) is 4.93 Å². The Bertz CT molecular complexity index is 1570. The van der Waals surface area contributed by atoms with Crippen molar-refractivity contribution < 1.29 is 0 Å². The maximum absolute atomic E-state index is 2.37. The molecule has 6 aromatic rings. The number of fused-ring (bicyclic) bond motifs is 5. The molecule has 31 heavy (non-hydrogen) atoms. The summed E-state index contributed by atoms with van der Waals surface area (Å²) in [6.07, 6.45) is 0. The average molecular weight is 398 g/mol. The fourth-order valence-electron chi connectivity index (χ4n) is 5.20. The van der Waals surface area contributed by atoms with Crippen LogP contribution >= 0.6 is 0 Å². The number of aromatic nitrogens is 1. The number of para-hydroxylation sites is 1. The predicted molar refractivity (Wildman–Crippen MR) is 134 cm³/mol. The summed E-state index contributed by atoms with van der Waals surface area (Å²) in [5, 5.41) is 5.29. The van der Waals surface area contributed by atoms with Crippen molar-refractivity contribution in [3.63, 3.8) is 0 Å². The molecule has 0 aliphatic heterocycles. The molecule has 1 aromatic heterocycles. The van der Waals surface area contributed by atoms with Gasteiger partial charge in [0, 0.05) is 34.3 Å². The van der Waals surface area contributed by atoms with Crippen molar-refractivity contribution in [1.29, 1.82) is 0 Å². The Balaban J connectivity index is 2.00. The Labute approximate surface area is 182 Å². The molecule has 0 atom stereocenters. The van der Waals surface area contributed by atoms with E-state index in [0.717, 1.165) is 0 Å². The molecule has 0 aliphatic rings. The Morgan fingerprint density at radius 1 is 0.516 bits per heavy atom. The van der Waals surface area contributed by atoms with Gasteiger partial charge < -0.3 is 4.57 Å². The highest BCUT2D eigenvalue weighted by atomic mass is 14.9. The van der Waals surface area contributed by atoms with Gasteiger partial charge in [-0.25, -0.2) is 0 Å². The van der Waals surface area contributed by atoms with Crippen molar-refractivity contribution in [1.82, 2.24) is 4.57 Å². The molecule has 0 saturated carbocycles. The summed E-state index contributed by atoms with van der Waals surface area (Å²) in [5.74, 6) is 0. The molecule has 0 radical (unpaired) electrons. The van der Waals surface area contributed by atoms with E-state index in [4.69, 9.17) is 0 Å². The van der Waals surface area contributed by atoms with Crippen molar-refractivity contribution in [2.45, 2.75) is 6.92 Å². The van der Waals surface area contributed by atoms with Gasteiger partial charge in [-0.3, -0.25) is 0 Å². The molecule has 6 rings (SSSR count). The van der Waals surface area contributed by atoms with Gasteiger partial charge in [-0.1, -0.05) is 97.1 Å². The Morgan fingerprint density at radius 3 is 1.74 bits per heavy atom. The first-order valence-electron chi connectivity index (χ1n) is 10.8. The molecule has 0 amide bonds. The third-order valence-electron chi connectivity index (χ3n) is 6.51. The first kappa shape index (κ1) is 18.0. The zero-order valence-electron chi connectivity index (χ0n) is 17.8. The van der Waals surface area contributed by atoms with Crippen LogP contribution in [-0.4, -0.2) is 4.57 Å². The van der Waals surface area contributed by atoms with Crippen LogP contribution < -0.4 is 0 Å². The lowest BCUT2D eigenvalue weighted by Gasteiger charge is -2.19. The lowest BCUT2D eigenvalue weighted by atomic mass is 9.85. The van der Waals surface area contributed by atoms with Crippen LogP contribution in [0.2, 0.25) is 0 Å². The zero-order chi connectivity index (χ0) is 20.9. The number of rotatable bonds is 2. The summed E-state index contributed by atoms with van der Waals surface area (Å²) >= 11 is 0. The van der Waals surface area contributed by atoms with Crippen LogP contribution in [0.15, 0.2) is 103 Å². The van der Waals surface area contributed by atoms with Gasteiger partial charge in [-0.05, 0) is 40.6 Å². The molecule has 0 aliphatic carbocycles. The van der Waals surface area contributed by atoms with Crippen LogP contribution in [0.1, 0.15) is 5.56 Å². The minimum atomic E-state index is 1.26. The van der Waals surface area contributed by atoms with E-state index in [9.17, 15) is 0 Å². The lowest BCUT2D eigenvalue weighted by molar-refractivity contribution is 1.02. The number of aryl methyl sites for hydroxylation is 2. The van der Waals surface area contributed by atoms with E-state index in [1.54, 1.807) is 0 Å². The second kappa shape index (κ2) is 6.85. The number of benzene rings is 5. The van der Waals surface area contributed by atoms with Gasteiger partial charge in [0.15, 0.2) is 0 Å². The van der Waals surface area contributed by atoms with E-state index >= 15 is 0 Å². The zero-order valence-corrected chi connectivity index (χ0v) is 17.8. The van der Waals surface area contributed by atoms with Crippen LogP contribution in [0.25, 0.3) is 54.8 Å². The van der Waals surface area contributed by atoms with Gasteiger partial charge >= 0.3 is 0 Å². The van der Waals surface area contributed by atoms with Gasteiger partial charge in [0.1, 0.15) is 0 Å². The standard InChI is InChI=1S/C30H23N/c1-20-12-11-18-24-26(20)27(21-13-5-3-6-14-21)28(22-15-7-4-8-16-22)29-23-17-9-10-19-25(23)31(2)30(24)29/h3-19H,1-2H3. The Hall–Kier alpha value is -3.84. The normalized spacial score (nSPS) is 11.5. The maximum atomic E-state index is 2.37. The van der Waals surface area contributed by atoms with Gasteiger partial charge in [0.25, 0.3) is 0 Å². The van der Waals surface area contributed by atoms with Crippen LogP contribution in [0, 0.1) is 6.92 Å². The van der Waals surface area contributed by atoms with Crippen molar-refractivity contribution in [3.8, 4) is 22.3 Å². The van der Waals surface area contributed by atoms with Crippen LogP contribution in [0.4, 0.5) is 0 Å². The molecule has 1 heterocycles. The van der Waals surface area contributed by atoms with Gasteiger partial charge in [0.05, 0.1) is 5.52 Å². The molecular formula is C30H23N. The first-order chi connectivity index (χ1) is 15.3. The van der Waals surface area contributed by atoms with Crippen molar-refractivity contribution in [3.05, 3.63) is 109 Å². The molecule has 0 fully saturated rings. The summed E-state index contributed by atoms with van der Waals surface area (Å²) in [6.45, 7) is 2.23. The molecular weight excluding hydrogens is 374 g/mol. The number of nitrogens with zero attached hydrogens (tertiary/aromatic N) is 1. The molecule has 1 nitrogen and oxygen atoms in total. The quantitative estimate of drug-likeness (QED) is 0.278. The highest BCUT2D eigenvalue weighted by Gasteiger charge is 2.22. The highest BCUT2D eigenvalue weighted by Crippen LogP contribution is 2.48. The average Bonchev–Trinajstić information content (AvgIpc) is 3.12. The number of hydrogen-bond donors (Lipinski definition) is 0.